The molecule has 114 valence electrons. The molecule has 2 N–H and O–H groups in total. The molecule has 0 saturated carbocycles. The Balaban J connectivity index is 2.55. The molecule has 0 radical (unpaired) electrons. The lowest BCUT2D eigenvalue weighted by Gasteiger charge is -2.22. The highest BCUT2D eigenvalue weighted by Crippen LogP contribution is 2.30. The number of ether oxygens (including phenoxy) is 1. The minimum absolute atomic E-state index is 0.101. The highest BCUT2D eigenvalue weighted by molar-refractivity contribution is 5.48. The fraction of sp³-hybridized carbons (Fsp3) is 0.500. The summed E-state index contributed by atoms with van der Waals surface area (Å²) >= 11 is 0. The van der Waals surface area contributed by atoms with Gasteiger partial charge in [0.2, 0.25) is 0 Å². The lowest BCUT2D eigenvalue weighted by Crippen LogP contribution is -2.21. The van der Waals surface area contributed by atoms with E-state index in [1.807, 2.05) is 28.9 Å². The standard InChI is InChI=1S/C16H24N4O/c1-5-10-21-14-9-7-6-8-13(14)20-15(16(2,3)4)12(11-17)18-19-20/h6-9H,5,10-11,17H2,1-4H3. The SMILES string of the molecule is CCCOc1ccccc1-n1nnc(CN)c1C(C)(C)C. The first-order chi connectivity index (χ1) is 9.99. The van der Waals surface area contributed by atoms with E-state index in [4.69, 9.17) is 10.5 Å². The van der Waals surface area contributed by atoms with Gasteiger partial charge >= 0.3 is 0 Å². The highest BCUT2D eigenvalue weighted by atomic mass is 16.5. The third kappa shape index (κ3) is 3.24. The molecule has 0 amide bonds. The van der Waals surface area contributed by atoms with Crippen LogP contribution in [-0.2, 0) is 12.0 Å². The average molecular weight is 288 g/mol. The summed E-state index contributed by atoms with van der Waals surface area (Å²) in [6, 6.07) is 7.90. The van der Waals surface area contributed by atoms with Crippen LogP contribution in [0.4, 0.5) is 0 Å². The molecule has 21 heavy (non-hydrogen) atoms. The zero-order chi connectivity index (χ0) is 15.5. The van der Waals surface area contributed by atoms with Crippen molar-refractivity contribution in [3.8, 4) is 11.4 Å². The second-order valence-corrected chi connectivity index (χ2v) is 6.07. The molecule has 0 saturated heterocycles. The molecule has 1 aromatic heterocycles. The van der Waals surface area contributed by atoms with Gasteiger partial charge in [-0.2, -0.15) is 0 Å². The summed E-state index contributed by atoms with van der Waals surface area (Å²) in [5.41, 5.74) is 8.47. The molecule has 0 unspecified atom stereocenters. The van der Waals surface area contributed by atoms with E-state index in [1.165, 1.54) is 0 Å². The molecule has 0 aliphatic heterocycles. The van der Waals surface area contributed by atoms with E-state index in [0.717, 1.165) is 29.2 Å². The van der Waals surface area contributed by atoms with Crippen molar-refractivity contribution in [1.29, 1.82) is 0 Å². The molecule has 2 rings (SSSR count). The predicted octanol–water partition coefficient (Wildman–Crippen LogP) is 2.81. The van der Waals surface area contributed by atoms with E-state index >= 15 is 0 Å². The molecule has 2 aromatic rings. The van der Waals surface area contributed by atoms with E-state index < -0.39 is 0 Å². The number of benzene rings is 1. The number of aromatic nitrogens is 3. The van der Waals surface area contributed by atoms with Gasteiger partial charge in [-0.05, 0) is 18.6 Å². The highest BCUT2D eigenvalue weighted by Gasteiger charge is 2.26. The van der Waals surface area contributed by atoms with Gasteiger partial charge in [0.15, 0.2) is 0 Å². The van der Waals surface area contributed by atoms with Crippen molar-refractivity contribution in [3.05, 3.63) is 35.7 Å². The number of nitrogens with zero attached hydrogens (tertiary/aromatic N) is 3. The van der Waals surface area contributed by atoms with Gasteiger partial charge in [0, 0.05) is 12.0 Å². The van der Waals surface area contributed by atoms with Crippen LogP contribution >= 0.6 is 0 Å². The summed E-state index contributed by atoms with van der Waals surface area (Å²) < 4.78 is 7.69. The van der Waals surface area contributed by atoms with Gasteiger partial charge in [-0.15, -0.1) is 5.10 Å². The molecular weight excluding hydrogens is 264 g/mol. The number of hydrogen-bond acceptors (Lipinski definition) is 4. The molecule has 0 aliphatic carbocycles. The topological polar surface area (TPSA) is 66.0 Å². The molecule has 1 heterocycles. The molecule has 1 aromatic carbocycles. The Hall–Kier alpha value is -1.88. The largest absolute Gasteiger partial charge is 0.491 e. The third-order valence-electron chi connectivity index (χ3n) is 3.20. The van der Waals surface area contributed by atoms with Crippen molar-refractivity contribution < 1.29 is 4.74 Å². The summed E-state index contributed by atoms with van der Waals surface area (Å²) in [6.45, 7) is 9.56. The van der Waals surface area contributed by atoms with Crippen LogP contribution in [-0.4, -0.2) is 21.6 Å². The van der Waals surface area contributed by atoms with Crippen molar-refractivity contribution >= 4 is 0 Å². The Morgan fingerprint density at radius 1 is 1.24 bits per heavy atom. The molecule has 0 atom stereocenters. The maximum Gasteiger partial charge on any atom is 0.145 e. The summed E-state index contributed by atoms with van der Waals surface area (Å²) in [7, 11) is 0. The molecule has 5 nitrogen and oxygen atoms in total. The van der Waals surface area contributed by atoms with Crippen LogP contribution in [0.3, 0.4) is 0 Å². The number of nitrogens with two attached hydrogens (primary N) is 1. The van der Waals surface area contributed by atoms with Crippen molar-refractivity contribution in [2.45, 2.75) is 46.1 Å². The fourth-order valence-corrected chi connectivity index (χ4v) is 2.34. The lowest BCUT2D eigenvalue weighted by atomic mass is 9.90. The maximum atomic E-state index is 5.83. The second kappa shape index (κ2) is 6.26. The minimum atomic E-state index is -0.101. The summed E-state index contributed by atoms with van der Waals surface area (Å²) in [4.78, 5) is 0. The van der Waals surface area contributed by atoms with Gasteiger partial charge < -0.3 is 10.5 Å². The molecule has 0 spiro atoms. The van der Waals surface area contributed by atoms with Crippen LogP contribution < -0.4 is 10.5 Å². The van der Waals surface area contributed by atoms with Crippen molar-refractivity contribution in [2.75, 3.05) is 6.61 Å². The number of rotatable bonds is 5. The Bertz CT molecular complexity index is 599. The smallest absolute Gasteiger partial charge is 0.145 e. The van der Waals surface area contributed by atoms with Crippen LogP contribution in [0.1, 0.15) is 45.5 Å². The van der Waals surface area contributed by atoms with Gasteiger partial charge in [0.05, 0.1) is 12.3 Å². The fourth-order valence-electron chi connectivity index (χ4n) is 2.34. The number of para-hydroxylation sites is 2. The van der Waals surface area contributed by atoms with Crippen LogP contribution in [0.5, 0.6) is 5.75 Å². The zero-order valence-corrected chi connectivity index (χ0v) is 13.3. The Morgan fingerprint density at radius 2 is 1.95 bits per heavy atom. The van der Waals surface area contributed by atoms with Crippen LogP contribution in [0.15, 0.2) is 24.3 Å². The van der Waals surface area contributed by atoms with Gasteiger partial charge in [0.25, 0.3) is 0 Å². The quantitative estimate of drug-likeness (QED) is 0.918. The minimum Gasteiger partial charge on any atom is -0.491 e. The van der Waals surface area contributed by atoms with Gasteiger partial charge in [-0.3, -0.25) is 0 Å². The Morgan fingerprint density at radius 3 is 2.57 bits per heavy atom. The van der Waals surface area contributed by atoms with E-state index in [2.05, 4.69) is 38.0 Å². The molecule has 5 heteroatoms. The molecular formula is C16H24N4O. The first-order valence-electron chi connectivity index (χ1n) is 7.36. The second-order valence-electron chi connectivity index (χ2n) is 6.07. The monoisotopic (exact) mass is 288 g/mol. The first kappa shape index (κ1) is 15.5. The predicted molar refractivity (Wildman–Crippen MR) is 83.7 cm³/mol. The van der Waals surface area contributed by atoms with Crippen molar-refractivity contribution in [2.24, 2.45) is 5.73 Å². The lowest BCUT2D eigenvalue weighted by molar-refractivity contribution is 0.315. The van der Waals surface area contributed by atoms with Crippen molar-refractivity contribution in [1.82, 2.24) is 15.0 Å². The molecule has 0 aliphatic rings. The van der Waals surface area contributed by atoms with E-state index in [1.54, 1.807) is 0 Å². The van der Waals surface area contributed by atoms with Crippen LogP contribution in [0, 0.1) is 0 Å². The van der Waals surface area contributed by atoms with E-state index in [0.29, 0.717) is 13.2 Å². The Labute approximate surface area is 126 Å². The maximum absolute atomic E-state index is 5.83. The Kier molecular flexibility index (Phi) is 4.63. The summed E-state index contributed by atoms with van der Waals surface area (Å²) in [5, 5.41) is 8.53. The molecule has 0 fully saturated rings. The summed E-state index contributed by atoms with van der Waals surface area (Å²) in [6.07, 6.45) is 0.964. The normalized spacial score (nSPS) is 11.7. The summed E-state index contributed by atoms with van der Waals surface area (Å²) in [5.74, 6) is 0.818. The van der Waals surface area contributed by atoms with Gasteiger partial charge in [-0.1, -0.05) is 45.0 Å². The van der Waals surface area contributed by atoms with Crippen molar-refractivity contribution in [3.63, 3.8) is 0 Å². The van der Waals surface area contributed by atoms with Gasteiger partial charge in [-0.25, -0.2) is 4.68 Å². The van der Waals surface area contributed by atoms with Crippen LogP contribution in [0.2, 0.25) is 0 Å². The molecule has 0 bridgehead atoms. The zero-order valence-electron chi connectivity index (χ0n) is 13.3. The van der Waals surface area contributed by atoms with E-state index in [-0.39, 0.29) is 5.41 Å². The van der Waals surface area contributed by atoms with Crippen LogP contribution in [0.25, 0.3) is 5.69 Å². The van der Waals surface area contributed by atoms with Gasteiger partial charge in [0.1, 0.15) is 17.1 Å². The number of hydrogen-bond donors (Lipinski definition) is 1. The van der Waals surface area contributed by atoms with E-state index in [9.17, 15) is 0 Å². The average Bonchev–Trinajstić information content (AvgIpc) is 2.89. The first-order valence-corrected chi connectivity index (χ1v) is 7.36. The third-order valence-corrected chi connectivity index (χ3v) is 3.20.